The van der Waals surface area contributed by atoms with Crippen LogP contribution < -0.4 is 4.90 Å². The van der Waals surface area contributed by atoms with Crippen molar-refractivity contribution in [3.8, 4) is 0 Å². The summed E-state index contributed by atoms with van der Waals surface area (Å²) in [5.74, 6) is 1.46. The van der Waals surface area contributed by atoms with Crippen molar-refractivity contribution in [2.75, 3.05) is 31.1 Å². The van der Waals surface area contributed by atoms with Gasteiger partial charge in [-0.3, -0.25) is 4.90 Å². The Morgan fingerprint density at radius 1 is 1.04 bits per heavy atom. The highest BCUT2D eigenvalue weighted by molar-refractivity contribution is 5.83. The standard InChI is InChI=1S/C22H25FN4/c23-17-5-7-21-19(14-17)20(15-25-21)16-4-6-18(13-16)26-9-11-27(12-10-26)22-3-1-2-8-24-22/h1-3,5,7-8,14-16,18,25H,4,6,9-13H2. The average molecular weight is 364 g/mol. The normalized spacial score (nSPS) is 24.0. The molecule has 3 aromatic rings. The molecule has 140 valence electrons. The van der Waals surface area contributed by atoms with Gasteiger partial charge in [0.15, 0.2) is 0 Å². The first-order chi connectivity index (χ1) is 13.3. The van der Waals surface area contributed by atoms with Crippen LogP contribution in [0.4, 0.5) is 10.2 Å². The van der Waals surface area contributed by atoms with E-state index >= 15 is 0 Å². The smallest absolute Gasteiger partial charge is 0.128 e. The van der Waals surface area contributed by atoms with Gasteiger partial charge >= 0.3 is 0 Å². The topological polar surface area (TPSA) is 35.2 Å². The summed E-state index contributed by atoms with van der Waals surface area (Å²) in [6.45, 7) is 4.26. The Morgan fingerprint density at radius 3 is 2.74 bits per heavy atom. The first kappa shape index (κ1) is 16.8. The number of H-pyrrole nitrogens is 1. The number of piperazine rings is 1. The number of aromatic amines is 1. The molecule has 27 heavy (non-hydrogen) atoms. The summed E-state index contributed by atoms with van der Waals surface area (Å²) in [6.07, 6.45) is 7.56. The lowest BCUT2D eigenvalue weighted by Crippen LogP contribution is -2.50. The Labute approximate surface area is 159 Å². The maximum Gasteiger partial charge on any atom is 0.128 e. The number of nitrogens with zero attached hydrogens (tertiary/aromatic N) is 3. The van der Waals surface area contributed by atoms with Crippen molar-refractivity contribution in [2.45, 2.75) is 31.2 Å². The number of hydrogen-bond acceptors (Lipinski definition) is 3. The summed E-state index contributed by atoms with van der Waals surface area (Å²) in [5, 5.41) is 1.06. The molecular formula is C22H25FN4. The number of benzene rings is 1. The van der Waals surface area contributed by atoms with Crippen LogP contribution in [-0.4, -0.2) is 47.1 Å². The van der Waals surface area contributed by atoms with Crippen molar-refractivity contribution >= 4 is 16.7 Å². The average Bonchev–Trinajstić information content (AvgIpc) is 3.35. The fraction of sp³-hybridized carbons (Fsp3) is 0.409. The quantitative estimate of drug-likeness (QED) is 0.758. The third-order valence-electron chi connectivity index (χ3n) is 6.32. The third kappa shape index (κ3) is 3.21. The van der Waals surface area contributed by atoms with Crippen molar-refractivity contribution in [3.63, 3.8) is 0 Å². The Kier molecular flexibility index (Phi) is 4.32. The molecule has 5 rings (SSSR count). The Balaban J connectivity index is 1.24. The van der Waals surface area contributed by atoms with Gasteiger partial charge in [-0.25, -0.2) is 9.37 Å². The van der Waals surface area contributed by atoms with Crippen LogP contribution in [-0.2, 0) is 0 Å². The van der Waals surface area contributed by atoms with Gasteiger partial charge in [0.1, 0.15) is 11.6 Å². The fourth-order valence-electron chi connectivity index (χ4n) is 4.88. The lowest BCUT2D eigenvalue weighted by atomic mass is 9.96. The van der Waals surface area contributed by atoms with E-state index in [1.165, 1.54) is 30.9 Å². The molecule has 2 aliphatic rings. The number of aromatic nitrogens is 2. The number of nitrogens with one attached hydrogen (secondary N) is 1. The molecule has 2 fully saturated rings. The summed E-state index contributed by atoms with van der Waals surface area (Å²) in [4.78, 5) is 12.8. The monoisotopic (exact) mass is 364 g/mol. The largest absolute Gasteiger partial charge is 0.361 e. The van der Waals surface area contributed by atoms with Crippen LogP contribution in [0, 0.1) is 5.82 Å². The van der Waals surface area contributed by atoms with E-state index < -0.39 is 0 Å². The molecule has 0 spiro atoms. The van der Waals surface area contributed by atoms with Crippen molar-refractivity contribution in [1.82, 2.24) is 14.9 Å². The van der Waals surface area contributed by atoms with Gasteiger partial charge in [0, 0.05) is 55.5 Å². The molecule has 1 aliphatic carbocycles. The molecule has 1 saturated carbocycles. The van der Waals surface area contributed by atoms with Crippen LogP contribution in [0.1, 0.15) is 30.7 Å². The van der Waals surface area contributed by atoms with E-state index in [4.69, 9.17) is 0 Å². The molecule has 0 radical (unpaired) electrons. The van der Waals surface area contributed by atoms with E-state index in [9.17, 15) is 4.39 Å². The molecule has 2 aromatic heterocycles. The Bertz CT molecular complexity index is 914. The Hall–Kier alpha value is -2.40. The zero-order chi connectivity index (χ0) is 18.2. The van der Waals surface area contributed by atoms with E-state index in [1.807, 2.05) is 18.3 Å². The maximum absolute atomic E-state index is 13.7. The fourth-order valence-corrected chi connectivity index (χ4v) is 4.88. The molecular weight excluding hydrogens is 339 g/mol. The molecule has 1 saturated heterocycles. The molecule has 0 bridgehead atoms. The SMILES string of the molecule is Fc1ccc2[nH]cc(C3CCC(N4CCN(c5ccccn5)CC4)C3)c2c1. The zero-order valence-electron chi connectivity index (χ0n) is 15.4. The lowest BCUT2D eigenvalue weighted by Gasteiger charge is -2.38. The molecule has 1 aromatic carbocycles. The molecule has 4 nitrogen and oxygen atoms in total. The molecule has 1 aliphatic heterocycles. The Morgan fingerprint density at radius 2 is 1.93 bits per heavy atom. The highest BCUT2D eigenvalue weighted by Gasteiger charge is 2.33. The number of anilines is 1. The van der Waals surface area contributed by atoms with E-state index in [0.717, 1.165) is 42.9 Å². The number of hydrogen-bond donors (Lipinski definition) is 1. The third-order valence-corrected chi connectivity index (χ3v) is 6.32. The van der Waals surface area contributed by atoms with Crippen LogP contribution in [0.2, 0.25) is 0 Å². The highest BCUT2D eigenvalue weighted by atomic mass is 19.1. The zero-order valence-corrected chi connectivity index (χ0v) is 15.4. The van der Waals surface area contributed by atoms with Gasteiger partial charge in [-0.05, 0) is 61.1 Å². The molecule has 5 heteroatoms. The van der Waals surface area contributed by atoms with Gasteiger partial charge in [-0.15, -0.1) is 0 Å². The summed E-state index contributed by atoms with van der Waals surface area (Å²) in [7, 11) is 0. The van der Waals surface area contributed by atoms with Gasteiger partial charge in [0.2, 0.25) is 0 Å². The summed E-state index contributed by atoms with van der Waals surface area (Å²) >= 11 is 0. The van der Waals surface area contributed by atoms with Gasteiger partial charge in [0.05, 0.1) is 0 Å². The number of fused-ring (bicyclic) bond motifs is 1. The van der Waals surface area contributed by atoms with Crippen LogP contribution in [0.3, 0.4) is 0 Å². The molecule has 2 unspecified atom stereocenters. The summed E-state index contributed by atoms with van der Waals surface area (Å²) in [6, 6.07) is 11.8. The minimum Gasteiger partial charge on any atom is -0.361 e. The molecule has 0 amide bonds. The van der Waals surface area contributed by atoms with Crippen molar-refractivity contribution in [1.29, 1.82) is 0 Å². The van der Waals surface area contributed by atoms with E-state index in [-0.39, 0.29) is 5.82 Å². The van der Waals surface area contributed by atoms with Gasteiger partial charge in [-0.2, -0.15) is 0 Å². The second kappa shape index (κ2) is 6.97. The van der Waals surface area contributed by atoms with Crippen molar-refractivity contribution < 1.29 is 4.39 Å². The van der Waals surface area contributed by atoms with Gasteiger partial charge in [-0.1, -0.05) is 6.07 Å². The summed E-state index contributed by atoms with van der Waals surface area (Å²) < 4.78 is 13.7. The van der Waals surface area contributed by atoms with Crippen LogP contribution in [0.5, 0.6) is 0 Å². The van der Waals surface area contributed by atoms with E-state index in [1.54, 1.807) is 6.07 Å². The molecule has 2 atom stereocenters. The molecule has 3 heterocycles. The number of halogens is 1. The first-order valence-corrected chi connectivity index (χ1v) is 9.94. The first-order valence-electron chi connectivity index (χ1n) is 9.94. The van der Waals surface area contributed by atoms with Crippen molar-refractivity contribution in [2.24, 2.45) is 0 Å². The molecule has 1 N–H and O–H groups in total. The van der Waals surface area contributed by atoms with E-state index in [0.29, 0.717) is 12.0 Å². The number of rotatable bonds is 3. The second-order valence-corrected chi connectivity index (χ2v) is 7.81. The minimum absolute atomic E-state index is 0.149. The van der Waals surface area contributed by atoms with Gasteiger partial charge < -0.3 is 9.88 Å². The predicted molar refractivity (Wildman–Crippen MR) is 107 cm³/mol. The second-order valence-electron chi connectivity index (χ2n) is 7.81. The minimum atomic E-state index is -0.149. The van der Waals surface area contributed by atoms with Crippen LogP contribution >= 0.6 is 0 Å². The highest BCUT2D eigenvalue weighted by Crippen LogP contribution is 2.40. The predicted octanol–water partition coefficient (Wildman–Crippen LogP) is 4.16. The summed E-state index contributed by atoms with van der Waals surface area (Å²) in [5.41, 5.74) is 2.33. The maximum atomic E-state index is 13.7. The van der Waals surface area contributed by atoms with Crippen molar-refractivity contribution in [3.05, 3.63) is 60.2 Å². The van der Waals surface area contributed by atoms with Gasteiger partial charge in [0.25, 0.3) is 0 Å². The van der Waals surface area contributed by atoms with Crippen LogP contribution in [0.25, 0.3) is 10.9 Å². The van der Waals surface area contributed by atoms with E-state index in [2.05, 4.69) is 38.1 Å². The lowest BCUT2D eigenvalue weighted by molar-refractivity contribution is 0.186. The van der Waals surface area contributed by atoms with Crippen LogP contribution in [0.15, 0.2) is 48.8 Å². The number of pyridine rings is 1.